The van der Waals surface area contributed by atoms with Gasteiger partial charge in [-0.05, 0) is 50.2 Å². The van der Waals surface area contributed by atoms with Gasteiger partial charge < -0.3 is 5.32 Å². The number of anilines is 2. The minimum atomic E-state index is -5.50. The Morgan fingerprint density at radius 1 is 0.971 bits per heavy atom. The lowest BCUT2D eigenvalue weighted by atomic mass is 9.88. The van der Waals surface area contributed by atoms with E-state index < -0.39 is 49.8 Å². The molecule has 3 rings (SSSR count). The standard InChI is InChI=1S/C22H20F3N3O5S/c1-13-19(14(2)29)21(22(23,24)25,20(31)28(13)17-7-5-4-6-8-17)27-34(32,33)18-11-9-16(10-12-18)26-15(3)30/h4-12,27H,1-3H3,(H,26,30)/t21-/m0/s1. The molecule has 12 heteroatoms. The summed E-state index contributed by atoms with van der Waals surface area (Å²) < 4.78 is 71.3. The van der Waals surface area contributed by atoms with Crippen LogP contribution in [0.3, 0.4) is 0 Å². The molecule has 8 nitrogen and oxygen atoms in total. The highest BCUT2D eigenvalue weighted by molar-refractivity contribution is 7.89. The van der Waals surface area contributed by atoms with Gasteiger partial charge in [0.15, 0.2) is 5.78 Å². The molecule has 0 aliphatic carbocycles. The molecule has 2 N–H and O–H groups in total. The number of nitrogens with one attached hydrogen (secondary N) is 2. The van der Waals surface area contributed by atoms with Gasteiger partial charge in [-0.25, -0.2) is 8.42 Å². The monoisotopic (exact) mass is 495 g/mol. The number of carbonyl (C=O) groups excluding carboxylic acids is 3. The third kappa shape index (κ3) is 4.21. The molecule has 0 unspecified atom stereocenters. The highest BCUT2D eigenvalue weighted by atomic mass is 32.2. The first-order valence-electron chi connectivity index (χ1n) is 9.82. The number of ketones is 1. The number of amides is 2. The normalized spacial score (nSPS) is 18.9. The van der Waals surface area contributed by atoms with E-state index in [9.17, 15) is 36.0 Å². The van der Waals surface area contributed by atoms with Crippen LogP contribution in [0.1, 0.15) is 20.8 Å². The van der Waals surface area contributed by atoms with Gasteiger partial charge in [-0.15, -0.1) is 0 Å². The van der Waals surface area contributed by atoms with Crippen molar-refractivity contribution in [1.29, 1.82) is 0 Å². The Hall–Kier alpha value is -3.51. The van der Waals surface area contributed by atoms with Crippen LogP contribution in [-0.4, -0.2) is 37.7 Å². The van der Waals surface area contributed by atoms with Crippen LogP contribution in [0, 0.1) is 0 Å². The van der Waals surface area contributed by atoms with Crippen molar-refractivity contribution < 1.29 is 36.0 Å². The molecule has 1 atom stereocenters. The second-order valence-corrected chi connectivity index (χ2v) is 9.23. The number of alkyl halides is 3. The molecule has 1 heterocycles. The van der Waals surface area contributed by atoms with Crippen LogP contribution in [0.25, 0.3) is 0 Å². The highest BCUT2D eigenvalue weighted by Crippen LogP contribution is 2.47. The number of rotatable bonds is 6. The smallest absolute Gasteiger partial charge is 0.326 e. The van der Waals surface area contributed by atoms with E-state index in [1.807, 2.05) is 0 Å². The maximum absolute atomic E-state index is 14.6. The van der Waals surface area contributed by atoms with E-state index in [4.69, 9.17) is 0 Å². The topological polar surface area (TPSA) is 113 Å². The van der Waals surface area contributed by atoms with Crippen LogP contribution >= 0.6 is 0 Å². The zero-order chi connectivity index (χ0) is 25.5. The van der Waals surface area contributed by atoms with Crippen molar-refractivity contribution in [3.8, 4) is 0 Å². The van der Waals surface area contributed by atoms with Crippen LogP contribution in [0.5, 0.6) is 0 Å². The number of benzene rings is 2. The van der Waals surface area contributed by atoms with Gasteiger partial charge in [0, 0.05) is 24.0 Å². The number of allylic oxidation sites excluding steroid dienone is 1. The van der Waals surface area contributed by atoms with Gasteiger partial charge >= 0.3 is 6.18 Å². The second-order valence-electron chi connectivity index (χ2n) is 7.55. The molecule has 0 spiro atoms. The minimum absolute atomic E-state index is 0.0359. The molecule has 0 fully saturated rings. The van der Waals surface area contributed by atoms with Gasteiger partial charge in [0.05, 0.1) is 10.5 Å². The Morgan fingerprint density at radius 2 is 1.53 bits per heavy atom. The molecule has 2 aromatic carbocycles. The van der Waals surface area contributed by atoms with E-state index in [1.165, 1.54) is 48.0 Å². The molecule has 0 saturated heterocycles. The van der Waals surface area contributed by atoms with Crippen LogP contribution in [0.4, 0.5) is 24.5 Å². The Balaban J connectivity index is 2.17. The number of para-hydroxylation sites is 1. The second kappa shape index (κ2) is 8.69. The third-order valence-electron chi connectivity index (χ3n) is 5.16. The summed E-state index contributed by atoms with van der Waals surface area (Å²) in [6.45, 7) is 3.20. The minimum Gasteiger partial charge on any atom is -0.326 e. The largest absolute Gasteiger partial charge is 0.421 e. The Bertz CT molecular complexity index is 1290. The zero-order valence-electron chi connectivity index (χ0n) is 18.2. The van der Waals surface area contributed by atoms with Gasteiger partial charge in [0.25, 0.3) is 5.91 Å². The summed E-state index contributed by atoms with van der Waals surface area (Å²) in [4.78, 5) is 36.9. The van der Waals surface area contributed by atoms with E-state index in [1.54, 1.807) is 6.07 Å². The van der Waals surface area contributed by atoms with E-state index >= 15 is 0 Å². The summed E-state index contributed by atoms with van der Waals surface area (Å²) in [6.07, 6.45) is -5.50. The number of Topliss-reactive ketones (excluding diaryl/α,β-unsaturated/α-hetero) is 1. The molecule has 180 valence electrons. The van der Waals surface area contributed by atoms with Gasteiger partial charge in [0.1, 0.15) is 0 Å². The lowest BCUT2D eigenvalue weighted by molar-refractivity contribution is -0.183. The van der Waals surface area contributed by atoms with Crippen LogP contribution in [0.2, 0.25) is 0 Å². The molecule has 1 aliphatic heterocycles. The Morgan fingerprint density at radius 3 is 2.00 bits per heavy atom. The third-order valence-corrected chi connectivity index (χ3v) is 6.63. The fraction of sp³-hybridized carbons (Fsp3) is 0.227. The van der Waals surface area contributed by atoms with Crippen molar-refractivity contribution >= 4 is 39.0 Å². The molecule has 1 aliphatic rings. The fourth-order valence-corrected chi connectivity index (χ4v) is 5.13. The van der Waals surface area contributed by atoms with E-state index in [2.05, 4.69) is 5.32 Å². The van der Waals surface area contributed by atoms with Crippen molar-refractivity contribution in [2.45, 2.75) is 37.4 Å². The van der Waals surface area contributed by atoms with Crippen molar-refractivity contribution in [3.05, 3.63) is 65.9 Å². The van der Waals surface area contributed by atoms with Crippen LogP contribution in [-0.2, 0) is 24.4 Å². The summed E-state index contributed by atoms with van der Waals surface area (Å²) in [7, 11) is -4.98. The predicted octanol–water partition coefficient (Wildman–Crippen LogP) is 3.13. The Kier molecular flexibility index (Phi) is 6.42. The number of sulfonamides is 1. The molecule has 2 aromatic rings. The zero-order valence-corrected chi connectivity index (χ0v) is 19.0. The molecule has 0 radical (unpaired) electrons. The molecule has 0 aromatic heterocycles. The summed E-state index contributed by atoms with van der Waals surface area (Å²) in [5, 5.41) is 2.40. The fourth-order valence-electron chi connectivity index (χ4n) is 3.81. The Labute approximate surface area is 193 Å². The SMILES string of the molecule is CC(=O)Nc1ccc(S(=O)(=O)N[C@]2(C(F)(F)F)C(=O)N(c3ccccc3)C(C)=C2C(C)=O)cc1. The molecular weight excluding hydrogens is 475 g/mol. The van der Waals surface area contributed by atoms with Crippen molar-refractivity contribution in [1.82, 2.24) is 4.72 Å². The van der Waals surface area contributed by atoms with Gasteiger partial charge in [-0.2, -0.15) is 17.9 Å². The van der Waals surface area contributed by atoms with E-state index in [0.717, 1.165) is 26.0 Å². The maximum Gasteiger partial charge on any atom is 0.421 e. The summed E-state index contributed by atoms with van der Waals surface area (Å²) in [5.41, 5.74) is -4.96. The predicted molar refractivity (Wildman–Crippen MR) is 117 cm³/mol. The number of hydrogen-bond acceptors (Lipinski definition) is 5. The first-order chi connectivity index (χ1) is 15.7. The number of carbonyl (C=O) groups is 3. The molecular formula is C22H20F3N3O5S. The van der Waals surface area contributed by atoms with Gasteiger partial charge in [-0.3, -0.25) is 19.3 Å². The number of hydrogen-bond donors (Lipinski definition) is 2. The van der Waals surface area contributed by atoms with Crippen molar-refractivity contribution in [2.75, 3.05) is 10.2 Å². The van der Waals surface area contributed by atoms with Crippen LogP contribution in [0.15, 0.2) is 70.8 Å². The van der Waals surface area contributed by atoms with Gasteiger partial charge in [0.2, 0.25) is 21.5 Å². The van der Waals surface area contributed by atoms with Crippen molar-refractivity contribution in [2.24, 2.45) is 0 Å². The van der Waals surface area contributed by atoms with Gasteiger partial charge in [-0.1, -0.05) is 18.2 Å². The summed E-state index contributed by atoms with van der Waals surface area (Å²) >= 11 is 0. The molecule has 0 bridgehead atoms. The maximum atomic E-state index is 14.6. The van der Waals surface area contributed by atoms with E-state index in [0.29, 0.717) is 4.90 Å². The average molecular weight is 495 g/mol. The number of nitrogens with zero attached hydrogens (tertiary/aromatic N) is 1. The van der Waals surface area contributed by atoms with Crippen molar-refractivity contribution in [3.63, 3.8) is 0 Å². The summed E-state index contributed by atoms with van der Waals surface area (Å²) in [5.74, 6) is -3.23. The number of halogens is 3. The lowest BCUT2D eigenvalue weighted by Crippen LogP contribution is -2.66. The molecule has 2 amide bonds. The first kappa shape index (κ1) is 25.1. The van der Waals surface area contributed by atoms with Crippen LogP contribution < -0.4 is 14.9 Å². The van der Waals surface area contributed by atoms with E-state index in [-0.39, 0.29) is 17.1 Å². The summed E-state index contributed by atoms with van der Waals surface area (Å²) in [6, 6.07) is 11.6. The first-order valence-corrected chi connectivity index (χ1v) is 11.3. The quantitative estimate of drug-likeness (QED) is 0.640. The lowest BCUT2D eigenvalue weighted by Gasteiger charge is -2.33. The highest BCUT2D eigenvalue weighted by Gasteiger charge is 2.70. The molecule has 34 heavy (non-hydrogen) atoms. The molecule has 0 saturated carbocycles. The average Bonchev–Trinajstić information content (AvgIpc) is 2.95.